The van der Waals surface area contributed by atoms with E-state index >= 15 is 0 Å². The summed E-state index contributed by atoms with van der Waals surface area (Å²) in [7, 11) is 0. The second-order valence-electron chi connectivity index (χ2n) is 4.84. The summed E-state index contributed by atoms with van der Waals surface area (Å²) in [5, 5.41) is 0.977. The van der Waals surface area contributed by atoms with Gasteiger partial charge in [-0.3, -0.25) is 4.79 Å². The van der Waals surface area contributed by atoms with Crippen molar-refractivity contribution in [2.24, 2.45) is 0 Å². The van der Waals surface area contributed by atoms with Gasteiger partial charge in [-0.05, 0) is 37.6 Å². The topological polar surface area (TPSA) is 30.2 Å². The summed E-state index contributed by atoms with van der Waals surface area (Å²) in [6.07, 6.45) is 0. The summed E-state index contributed by atoms with van der Waals surface area (Å²) >= 11 is 3.41. The first-order valence-corrected chi connectivity index (χ1v) is 7.16. The molecule has 0 saturated carbocycles. The number of rotatable bonds is 2. The number of carbonyl (C=O) groups is 1. The van der Waals surface area contributed by atoms with Gasteiger partial charge in [-0.1, -0.05) is 40.2 Å². The van der Waals surface area contributed by atoms with E-state index in [0.717, 1.165) is 26.6 Å². The van der Waals surface area contributed by atoms with E-state index in [0.29, 0.717) is 11.3 Å². The maximum Gasteiger partial charge on any atom is 0.228 e. The van der Waals surface area contributed by atoms with E-state index in [1.165, 1.54) is 0 Å². The van der Waals surface area contributed by atoms with Crippen LogP contribution >= 0.6 is 15.9 Å². The van der Waals surface area contributed by atoms with Gasteiger partial charge in [-0.15, -0.1) is 0 Å². The SMILES string of the molecule is Cc1ccccc1C(=O)c1oc2cc(Br)ccc2c1C. The highest BCUT2D eigenvalue weighted by Gasteiger charge is 2.20. The first kappa shape index (κ1) is 13.1. The van der Waals surface area contributed by atoms with E-state index in [-0.39, 0.29) is 5.78 Å². The highest BCUT2D eigenvalue weighted by Crippen LogP contribution is 2.29. The molecule has 0 aliphatic heterocycles. The van der Waals surface area contributed by atoms with Crippen molar-refractivity contribution in [3.8, 4) is 0 Å². The van der Waals surface area contributed by atoms with E-state index < -0.39 is 0 Å². The first-order chi connectivity index (χ1) is 9.58. The number of hydrogen-bond acceptors (Lipinski definition) is 2. The molecule has 0 radical (unpaired) electrons. The molecule has 3 rings (SSSR count). The van der Waals surface area contributed by atoms with Crippen LogP contribution in [0.4, 0.5) is 0 Å². The van der Waals surface area contributed by atoms with E-state index in [1.54, 1.807) is 0 Å². The zero-order chi connectivity index (χ0) is 14.3. The van der Waals surface area contributed by atoms with Crippen molar-refractivity contribution in [2.75, 3.05) is 0 Å². The van der Waals surface area contributed by atoms with Gasteiger partial charge in [0.2, 0.25) is 5.78 Å². The Hall–Kier alpha value is -1.87. The number of benzene rings is 2. The maximum absolute atomic E-state index is 12.6. The van der Waals surface area contributed by atoms with Crippen LogP contribution in [0.3, 0.4) is 0 Å². The molecular weight excluding hydrogens is 316 g/mol. The number of hydrogen-bond donors (Lipinski definition) is 0. The third-order valence-electron chi connectivity index (χ3n) is 3.50. The normalized spacial score (nSPS) is 10.9. The number of carbonyl (C=O) groups excluding carboxylic acids is 1. The molecule has 100 valence electrons. The molecule has 0 spiro atoms. The Morgan fingerprint density at radius 2 is 1.85 bits per heavy atom. The van der Waals surface area contributed by atoms with Crippen LogP contribution < -0.4 is 0 Å². The summed E-state index contributed by atoms with van der Waals surface area (Å²) in [4.78, 5) is 12.6. The van der Waals surface area contributed by atoms with Gasteiger partial charge < -0.3 is 4.42 Å². The summed E-state index contributed by atoms with van der Waals surface area (Å²) < 4.78 is 6.71. The summed E-state index contributed by atoms with van der Waals surface area (Å²) in [5.74, 6) is 0.361. The van der Waals surface area contributed by atoms with Crippen LogP contribution in [0, 0.1) is 13.8 Å². The quantitative estimate of drug-likeness (QED) is 0.616. The Balaban J connectivity index is 2.18. The molecule has 0 bridgehead atoms. The molecule has 0 aliphatic rings. The van der Waals surface area contributed by atoms with Crippen LogP contribution in [0.2, 0.25) is 0 Å². The molecule has 1 heterocycles. The Labute approximate surface area is 125 Å². The molecule has 20 heavy (non-hydrogen) atoms. The average molecular weight is 329 g/mol. The Morgan fingerprint density at radius 3 is 2.60 bits per heavy atom. The molecule has 2 nitrogen and oxygen atoms in total. The zero-order valence-corrected chi connectivity index (χ0v) is 12.8. The van der Waals surface area contributed by atoms with Crippen molar-refractivity contribution < 1.29 is 9.21 Å². The minimum atomic E-state index is -0.0621. The van der Waals surface area contributed by atoms with Gasteiger partial charge in [0.1, 0.15) is 5.58 Å². The third kappa shape index (κ3) is 2.08. The van der Waals surface area contributed by atoms with Crippen molar-refractivity contribution in [2.45, 2.75) is 13.8 Å². The number of fused-ring (bicyclic) bond motifs is 1. The smallest absolute Gasteiger partial charge is 0.228 e. The lowest BCUT2D eigenvalue weighted by atomic mass is 10.0. The summed E-state index contributed by atoms with van der Waals surface area (Å²) in [6, 6.07) is 13.4. The van der Waals surface area contributed by atoms with Crippen molar-refractivity contribution in [1.82, 2.24) is 0 Å². The van der Waals surface area contributed by atoms with Crippen LogP contribution in [-0.2, 0) is 0 Å². The van der Waals surface area contributed by atoms with E-state index in [9.17, 15) is 4.79 Å². The Bertz CT molecular complexity index is 815. The van der Waals surface area contributed by atoms with Crippen LogP contribution in [-0.4, -0.2) is 5.78 Å². The maximum atomic E-state index is 12.6. The van der Waals surface area contributed by atoms with Crippen LogP contribution in [0.1, 0.15) is 27.2 Å². The number of aryl methyl sites for hydroxylation is 2. The van der Waals surface area contributed by atoms with Crippen LogP contribution in [0.25, 0.3) is 11.0 Å². The molecule has 3 aromatic rings. The van der Waals surface area contributed by atoms with Gasteiger partial charge in [0, 0.05) is 21.0 Å². The van der Waals surface area contributed by atoms with Crippen molar-refractivity contribution >= 4 is 32.7 Å². The van der Waals surface area contributed by atoms with Crippen molar-refractivity contribution in [1.29, 1.82) is 0 Å². The van der Waals surface area contributed by atoms with Gasteiger partial charge in [0.15, 0.2) is 5.76 Å². The molecule has 0 N–H and O–H groups in total. The lowest BCUT2D eigenvalue weighted by molar-refractivity contribution is 0.101. The summed E-state index contributed by atoms with van der Waals surface area (Å²) in [5.41, 5.74) is 3.27. The predicted molar refractivity (Wildman–Crippen MR) is 83.3 cm³/mol. The Kier molecular flexibility index (Phi) is 3.22. The summed E-state index contributed by atoms with van der Waals surface area (Å²) in [6.45, 7) is 3.85. The van der Waals surface area contributed by atoms with Gasteiger partial charge in [-0.25, -0.2) is 0 Å². The molecular formula is C17H13BrO2. The lowest BCUT2D eigenvalue weighted by Gasteiger charge is -2.02. The molecule has 0 atom stereocenters. The largest absolute Gasteiger partial charge is 0.452 e. The number of ketones is 1. The standard InChI is InChI=1S/C17H13BrO2/c1-10-5-3-4-6-13(10)16(19)17-11(2)14-8-7-12(18)9-15(14)20-17/h3-9H,1-2H3. The molecule has 1 aromatic heterocycles. The van der Waals surface area contributed by atoms with Crippen molar-refractivity contribution in [3.05, 3.63) is 69.4 Å². The van der Waals surface area contributed by atoms with Crippen LogP contribution in [0.5, 0.6) is 0 Å². The second-order valence-corrected chi connectivity index (χ2v) is 5.76. The third-order valence-corrected chi connectivity index (χ3v) is 3.99. The minimum absolute atomic E-state index is 0.0621. The van der Waals surface area contributed by atoms with Gasteiger partial charge in [0.25, 0.3) is 0 Å². The monoisotopic (exact) mass is 328 g/mol. The highest BCUT2D eigenvalue weighted by atomic mass is 79.9. The lowest BCUT2D eigenvalue weighted by Crippen LogP contribution is -2.03. The fourth-order valence-corrected chi connectivity index (χ4v) is 2.71. The highest BCUT2D eigenvalue weighted by molar-refractivity contribution is 9.10. The van der Waals surface area contributed by atoms with E-state index in [2.05, 4.69) is 15.9 Å². The van der Waals surface area contributed by atoms with Gasteiger partial charge in [-0.2, -0.15) is 0 Å². The second kappa shape index (κ2) is 4.91. The fourth-order valence-electron chi connectivity index (χ4n) is 2.37. The Morgan fingerprint density at radius 1 is 1.10 bits per heavy atom. The molecule has 2 aromatic carbocycles. The number of halogens is 1. The van der Waals surface area contributed by atoms with Gasteiger partial charge in [0.05, 0.1) is 0 Å². The van der Waals surface area contributed by atoms with E-state index in [1.807, 2.05) is 56.3 Å². The first-order valence-electron chi connectivity index (χ1n) is 6.37. The molecule has 0 unspecified atom stereocenters. The molecule has 3 heteroatoms. The van der Waals surface area contributed by atoms with Gasteiger partial charge >= 0.3 is 0 Å². The molecule has 0 amide bonds. The molecule has 0 fully saturated rings. The zero-order valence-electron chi connectivity index (χ0n) is 11.2. The average Bonchev–Trinajstić information content (AvgIpc) is 2.75. The fraction of sp³-hybridized carbons (Fsp3) is 0.118. The molecule has 0 aliphatic carbocycles. The van der Waals surface area contributed by atoms with Crippen molar-refractivity contribution in [3.63, 3.8) is 0 Å². The predicted octanol–water partition coefficient (Wildman–Crippen LogP) is 5.04. The number of furan rings is 1. The minimum Gasteiger partial charge on any atom is -0.452 e. The molecule has 0 saturated heterocycles. The van der Waals surface area contributed by atoms with Crippen LogP contribution in [0.15, 0.2) is 51.4 Å². The van der Waals surface area contributed by atoms with E-state index in [4.69, 9.17) is 4.42 Å².